The van der Waals surface area contributed by atoms with Gasteiger partial charge in [-0.15, -0.1) is 0 Å². The SMILES string of the molecule is CCCC(C(=O)O)C(CC)CCc1ccccc1. The predicted molar refractivity (Wildman–Crippen MR) is 74.6 cm³/mol. The summed E-state index contributed by atoms with van der Waals surface area (Å²) in [6.45, 7) is 4.15. The third-order valence-electron chi connectivity index (χ3n) is 3.66. The van der Waals surface area contributed by atoms with E-state index in [0.29, 0.717) is 5.92 Å². The highest BCUT2D eigenvalue weighted by atomic mass is 16.4. The molecule has 0 aliphatic heterocycles. The van der Waals surface area contributed by atoms with E-state index in [9.17, 15) is 9.90 Å². The van der Waals surface area contributed by atoms with E-state index in [2.05, 4.69) is 26.0 Å². The maximum Gasteiger partial charge on any atom is 0.306 e. The molecule has 0 amide bonds. The summed E-state index contributed by atoms with van der Waals surface area (Å²) >= 11 is 0. The molecule has 0 aliphatic carbocycles. The van der Waals surface area contributed by atoms with Gasteiger partial charge in [-0.2, -0.15) is 0 Å². The number of benzene rings is 1. The van der Waals surface area contributed by atoms with Gasteiger partial charge in [0.2, 0.25) is 0 Å². The van der Waals surface area contributed by atoms with Crippen molar-refractivity contribution in [3.05, 3.63) is 35.9 Å². The van der Waals surface area contributed by atoms with Gasteiger partial charge in [-0.3, -0.25) is 4.79 Å². The highest BCUT2D eigenvalue weighted by Gasteiger charge is 2.25. The lowest BCUT2D eigenvalue weighted by atomic mass is 9.82. The normalized spacial score (nSPS) is 14.1. The number of rotatable bonds is 8. The van der Waals surface area contributed by atoms with Crippen molar-refractivity contribution in [3.8, 4) is 0 Å². The average molecular weight is 248 g/mol. The van der Waals surface area contributed by atoms with Gasteiger partial charge in [-0.1, -0.05) is 57.0 Å². The van der Waals surface area contributed by atoms with Gasteiger partial charge in [0, 0.05) is 0 Å². The third-order valence-corrected chi connectivity index (χ3v) is 3.66. The van der Waals surface area contributed by atoms with Gasteiger partial charge < -0.3 is 5.11 Å². The zero-order valence-electron chi connectivity index (χ0n) is 11.4. The van der Waals surface area contributed by atoms with Crippen molar-refractivity contribution in [2.24, 2.45) is 11.8 Å². The van der Waals surface area contributed by atoms with Gasteiger partial charge in [-0.25, -0.2) is 0 Å². The van der Waals surface area contributed by atoms with E-state index in [-0.39, 0.29) is 5.92 Å². The number of aliphatic carboxylic acids is 1. The Hall–Kier alpha value is -1.31. The van der Waals surface area contributed by atoms with E-state index in [1.54, 1.807) is 0 Å². The summed E-state index contributed by atoms with van der Waals surface area (Å²) in [5, 5.41) is 9.30. The maximum atomic E-state index is 11.3. The molecular formula is C16H24O2. The van der Waals surface area contributed by atoms with Gasteiger partial charge >= 0.3 is 5.97 Å². The van der Waals surface area contributed by atoms with Crippen LogP contribution < -0.4 is 0 Å². The summed E-state index contributed by atoms with van der Waals surface area (Å²) in [6.07, 6.45) is 4.63. The quantitative estimate of drug-likeness (QED) is 0.750. The molecule has 2 atom stereocenters. The lowest BCUT2D eigenvalue weighted by Crippen LogP contribution is -2.23. The molecule has 0 saturated carbocycles. The molecule has 0 fully saturated rings. The summed E-state index contributed by atoms with van der Waals surface area (Å²) in [4.78, 5) is 11.3. The number of hydrogen-bond donors (Lipinski definition) is 1. The van der Waals surface area contributed by atoms with E-state index >= 15 is 0 Å². The van der Waals surface area contributed by atoms with Crippen LogP contribution in [0.15, 0.2) is 30.3 Å². The zero-order valence-corrected chi connectivity index (χ0v) is 11.4. The Kier molecular flexibility index (Phi) is 6.48. The molecule has 0 bridgehead atoms. The highest BCUT2D eigenvalue weighted by Crippen LogP contribution is 2.26. The second kappa shape index (κ2) is 7.91. The molecule has 0 heterocycles. The number of aryl methyl sites for hydroxylation is 1. The summed E-state index contributed by atoms with van der Waals surface area (Å²) in [5.74, 6) is -0.511. The van der Waals surface area contributed by atoms with E-state index in [1.807, 2.05) is 18.2 Å². The Labute approximate surface area is 110 Å². The van der Waals surface area contributed by atoms with Crippen LogP contribution in [0.5, 0.6) is 0 Å². The zero-order chi connectivity index (χ0) is 13.4. The fourth-order valence-electron chi connectivity index (χ4n) is 2.56. The molecule has 2 nitrogen and oxygen atoms in total. The molecule has 1 N–H and O–H groups in total. The van der Waals surface area contributed by atoms with Crippen molar-refractivity contribution < 1.29 is 9.90 Å². The van der Waals surface area contributed by atoms with Crippen molar-refractivity contribution in [2.45, 2.75) is 46.0 Å². The van der Waals surface area contributed by atoms with Gasteiger partial charge in [0.05, 0.1) is 5.92 Å². The second-order valence-electron chi connectivity index (χ2n) is 4.93. The Morgan fingerprint density at radius 2 is 1.83 bits per heavy atom. The molecule has 0 spiro atoms. The Balaban J connectivity index is 2.57. The second-order valence-corrected chi connectivity index (χ2v) is 4.93. The molecule has 1 aromatic rings. The minimum absolute atomic E-state index is 0.177. The largest absolute Gasteiger partial charge is 0.481 e. The smallest absolute Gasteiger partial charge is 0.306 e. The van der Waals surface area contributed by atoms with Crippen molar-refractivity contribution in [1.29, 1.82) is 0 Å². The van der Waals surface area contributed by atoms with E-state index in [0.717, 1.165) is 32.1 Å². The van der Waals surface area contributed by atoms with Crippen molar-refractivity contribution in [1.82, 2.24) is 0 Å². The average Bonchev–Trinajstić information content (AvgIpc) is 2.39. The number of hydrogen-bond acceptors (Lipinski definition) is 1. The third kappa shape index (κ3) is 4.52. The van der Waals surface area contributed by atoms with Crippen LogP contribution in [0.1, 0.15) is 45.1 Å². The van der Waals surface area contributed by atoms with Crippen LogP contribution in [0.3, 0.4) is 0 Å². The minimum atomic E-state index is -0.628. The molecule has 0 saturated heterocycles. The van der Waals surface area contributed by atoms with Gasteiger partial charge in [0.1, 0.15) is 0 Å². The van der Waals surface area contributed by atoms with Crippen molar-refractivity contribution in [3.63, 3.8) is 0 Å². The standard InChI is InChI=1S/C16H24O2/c1-3-8-15(16(17)18)14(4-2)12-11-13-9-6-5-7-10-13/h5-7,9-10,14-15H,3-4,8,11-12H2,1-2H3,(H,17,18). The fraction of sp³-hybridized carbons (Fsp3) is 0.562. The molecule has 0 aliphatic rings. The van der Waals surface area contributed by atoms with Crippen molar-refractivity contribution >= 4 is 5.97 Å². The monoisotopic (exact) mass is 248 g/mol. The van der Waals surface area contributed by atoms with Gasteiger partial charge in [0.15, 0.2) is 0 Å². The Morgan fingerprint density at radius 3 is 2.33 bits per heavy atom. The lowest BCUT2D eigenvalue weighted by Gasteiger charge is -2.22. The molecule has 2 heteroatoms. The molecule has 0 aromatic heterocycles. The Bertz CT molecular complexity index is 345. The summed E-state index contributed by atoms with van der Waals surface area (Å²) in [5.41, 5.74) is 1.30. The maximum absolute atomic E-state index is 11.3. The van der Waals surface area contributed by atoms with Crippen LogP contribution in [0.4, 0.5) is 0 Å². The molecular weight excluding hydrogens is 224 g/mol. The molecule has 18 heavy (non-hydrogen) atoms. The Morgan fingerprint density at radius 1 is 1.17 bits per heavy atom. The van der Waals surface area contributed by atoms with Crippen LogP contribution in [0, 0.1) is 11.8 Å². The molecule has 100 valence electrons. The lowest BCUT2D eigenvalue weighted by molar-refractivity contribution is -0.144. The molecule has 2 unspecified atom stereocenters. The molecule has 1 aromatic carbocycles. The highest BCUT2D eigenvalue weighted by molar-refractivity contribution is 5.70. The van der Waals surface area contributed by atoms with Gasteiger partial charge in [0.25, 0.3) is 0 Å². The number of carboxylic acid groups (broad SMARTS) is 1. The summed E-state index contributed by atoms with van der Waals surface area (Å²) in [6, 6.07) is 10.3. The van der Waals surface area contributed by atoms with Crippen LogP contribution in [0.2, 0.25) is 0 Å². The van der Waals surface area contributed by atoms with E-state index in [1.165, 1.54) is 5.56 Å². The van der Waals surface area contributed by atoms with E-state index < -0.39 is 5.97 Å². The molecule has 0 radical (unpaired) electrons. The molecule has 1 rings (SSSR count). The summed E-state index contributed by atoms with van der Waals surface area (Å²) < 4.78 is 0. The first-order valence-electron chi connectivity index (χ1n) is 6.95. The number of carboxylic acids is 1. The van der Waals surface area contributed by atoms with Gasteiger partial charge in [-0.05, 0) is 30.7 Å². The van der Waals surface area contributed by atoms with Crippen LogP contribution >= 0.6 is 0 Å². The van der Waals surface area contributed by atoms with Crippen LogP contribution in [0.25, 0.3) is 0 Å². The van der Waals surface area contributed by atoms with Crippen LogP contribution in [-0.2, 0) is 11.2 Å². The predicted octanol–water partition coefficient (Wildman–Crippen LogP) is 4.15. The van der Waals surface area contributed by atoms with Crippen molar-refractivity contribution in [2.75, 3.05) is 0 Å². The topological polar surface area (TPSA) is 37.3 Å². The number of carbonyl (C=O) groups is 1. The van der Waals surface area contributed by atoms with Crippen LogP contribution in [-0.4, -0.2) is 11.1 Å². The van der Waals surface area contributed by atoms with E-state index in [4.69, 9.17) is 0 Å². The minimum Gasteiger partial charge on any atom is -0.481 e. The fourth-order valence-corrected chi connectivity index (χ4v) is 2.56. The first-order chi connectivity index (χ1) is 8.69. The summed E-state index contributed by atoms with van der Waals surface area (Å²) in [7, 11) is 0. The first kappa shape index (κ1) is 14.7. The first-order valence-corrected chi connectivity index (χ1v) is 6.95.